The van der Waals surface area contributed by atoms with Crippen molar-refractivity contribution in [3.05, 3.63) is 48.5 Å². The van der Waals surface area contributed by atoms with Gasteiger partial charge in [-0.05, 0) is 30.7 Å². The van der Waals surface area contributed by atoms with Crippen LogP contribution in [-0.2, 0) is 0 Å². The van der Waals surface area contributed by atoms with Gasteiger partial charge in [-0.1, -0.05) is 24.3 Å². The second kappa shape index (κ2) is 6.60. The lowest BCUT2D eigenvalue weighted by molar-refractivity contribution is 0.414. The molecule has 1 fully saturated rings. The van der Waals surface area contributed by atoms with Gasteiger partial charge in [0.25, 0.3) is 0 Å². The van der Waals surface area contributed by atoms with Gasteiger partial charge in [-0.3, -0.25) is 0 Å². The van der Waals surface area contributed by atoms with E-state index >= 15 is 0 Å². The Morgan fingerprint density at radius 2 is 1.64 bits per heavy atom. The molecule has 0 aromatic heterocycles. The summed E-state index contributed by atoms with van der Waals surface area (Å²) >= 11 is 0. The van der Waals surface area contributed by atoms with Crippen LogP contribution >= 0.6 is 0 Å². The lowest BCUT2D eigenvalue weighted by atomic mass is 10.2. The van der Waals surface area contributed by atoms with Crippen LogP contribution in [0.4, 0.5) is 11.4 Å². The van der Waals surface area contributed by atoms with Crippen molar-refractivity contribution >= 4 is 11.4 Å². The maximum absolute atomic E-state index is 5.47. The molecule has 0 spiro atoms. The van der Waals surface area contributed by atoms with E-state index in [1.54, 1.807) is 14.2 Å². The van der Waals surface area contributed by atoms with Crippen molar-refractivity contribution in [2.75, 3.05) is 37.5 Å². The number of hydrogen-bond acceptors (Lipinski definition) is 4. The molecule has 4 heteroatoms. The molecule has 1 unspecified atom stereocenters. The molecule has 1 saturated heterocycles. The summed E-state index contributed by atoms with van der Waals surface area (Å²) in [5, 5.41) is 3.59. The van der Waals surface area contributed by atoms with E-state index in [0.717, 1.165) is 42.4 Å². The molecule has 2 aromatic carbocycles. The molecule has 0 bridgehead atoms. The Labute approximate surface area is 131 Å². The SMILES string of the molecule is COc1ccccc1NC1CCN(c2ccccc2OC)C1. The number of anilines is 2. The number of ether oxygens (including phenoxy) is 2. The van der Waals surface area contributed by atoms with E-state index in [0.29, 0.717) is 6.04 Å². The van der Waals surface area contributed by atoms with Crippen LogP contribution in [0.15, 0.2) is 48.5 Å². The van der Waals surface area contributed by atoms with Gasteiger partial charge in [0, 0.05) is 19.1 Å². The predicted octanol–water partition coefficient (Wildman–Crippen LogP) is 3.39. The van der Waals surface area contributed by atoms with Gasteiger partial charge in [-0.2, -0.15) is 0 Å². The summed E-state index contributed by atoms with van der Waals surface area (Å²) in [7, 11) is 3.43. The zero-order chi connectivity index (χ0) is 15.4. The Hall–Kier alpha value is -2.36. The number of nitrogens with one attached hydrogen (secondary N) is 1. The third-order valence-electron chi connectivity index (χ3n) is 4.08. The van der Waals surface area contributed by atoms with Crippen LogP contribution in [-0.4, -0.2) is 33.4 Å². The summed E-state index contributed by atoms with van der Waals surface area (Å²) in [4.78, 5) is 2.37. The highest BCUT2D eigenvalue weighted by molar-refractivity contribution is 5.61. The first-order valence-corrected chi connectivity index (χ1v) is 7.59. The molecule has 0 aliphatic carbocycles. The second-order valence-corrected chi connectivity index (χ2v) is 5.45. The molecule has 1 heterocycles. The van der Waals surface area contributed by atoms with Crippen molar-refractivity contribution in [1.82, 2.24) is 0 Å². The molecule has 2 aromatic rings. The van der Waals surface area contributed by atoms with Gasteiger partial charge in [0.2, 0.25) is 0 Å². The first-order valence-electron chi connectivity index (χ1n) is 7.59. The average molecular weight is 298 g/mol. The minimum atomic E-state index is 0.404. The fourth-order valence-corrected chi connectivity index (χ4v) is 2.97. The van der Waals surface area contributed by atoms with E-state index in [1.165, 1.54) is 0 Å². The van der Waals surface area contributed by atoms with Gasteiger partial charge in [-0.25, -0.2) is 0 Å². The zero-order valence-corrected chi connectivity index (χ0v) is 13.1. The maximum Gasteiger partial charge on any atom is 0.142 e. The molecule has 1 N–H and O–H groups in total. The largest absolute Gasteiger partial charge is 0.495 e. The van der Waals surface area contributed by atoms with Crippen molar-refractivity contribution < 1.29 is 9.47 Å². The molecule has 0 amide bonds. The molecular formula is C18H22N2O2. The predicted molar refractivity (Wildman–Crippen MR) is 90.2 cm³/mol. The van der Waals surface area contributed by atoms with E-state index in [2.05, 4.69) is 28.4 Å². The van der Waals surface area contributed by atoms with Crippen LogP contribution in [0.1, 0.15) is 6.42 Å². The molecule has 1 aliphatic heterocycles. The molecular weight excluding hydrogens is 276 g/mol. The quantitative estimate of drug-likeness (QED) is 0.917. The molecule has 3 rings (SSSR count). The fourth-order valence-electron chi connectivity index (χ4n) is 2.97. The lowest BCUT2D eigenvalue weighted by Gasteiger charge is -2.22. The highest BCUT2D eigenvalue weighted by Gasteiger charge is 2.24. The number of methoxy groups -OCH3 is 2. The van der Waals surface area contributed by atoms with E-state index in [9.17, 15) is 0 Å². The third-order valence-corrected chi connectivity index (χ3v) is 4.08. The van der Waals surface area contributed by atoms with Crippen LogP contribution in [0.25, 0.3) is 0 Å². The second-order valence-electron chi connectivity index (χ2n) is 5.45. The van der Waals surface area contributed by atoms with Crippen molar-refractivity contribution in [1.29, 1.82) is 0 Å². The number of rotatable bonds is 5. The summed E-state index contributed by atoms with van der Waals surface area (Å²) < 4.78 is 10.9. The van der Waals surface area contributed by atoms with Crippen molar-refractivity contribution in [3.63, 3.8) is 0 Å². The smallest absolute Gasteiger partial charge is 0.142 e. The van der Waals surface area contributed by atoms with E-state index < -0.39 is 0 Å². The minimum absolute atomic E-state index is 0.404. The van der Waals surface area contributed by atoms with Crippen LogP contribution in [0.2, 0.25) is 0 Å². The molecule has 4 nitrogen and oxygen atoms in total. The zero-order valence-electron chi connectivity index (χ0n) is 13.1. The summed E-state index contributed by atoms with van der Waals surface area (Å²) in [6.07, 6.45) is 1.09. The van der Waals surface area contributed by atoms with Gasteiger partial charge in [-0.15, -0.1) is 0 Å². The van der Waals surface area contributed by atoms with Crippen LogP contribution in [0, 0.1) is 0 Å². The van der Waals surface area contributed by atoms with E-state index in [-0.39, 0.29) is 0 Å². The lowest BCUT2D eigenvalue weighted by Crippen LogP contribution is -2.26. The van der Waals surface area contributed by atoms with Gasteiger partial charge in [0.1, 0.15) is 11.5 Å². The summed E-state index contributed by atoms with van der Waals surface area (Å²) in [6, 6.07) is 16.6. The Morgan fingerprint density at radius 3 is 2.41 bits per heavy atom. The molecule has 1 aliphatic rings. The van der Waals surface area contributed by atoms with Gasteiger partial charge >= 0.3 is 0 Å². The van der Waals surface area contributed by atoms with Crippen LogP contribution < -0.4 is 19.7 Å². The monoisotopic (exact) mass is 298 g/mol. The Morgan fingerprint density at radius 1 is 0.955 bits per heavy atom. The summed E-state index contributed by atoms with van der Waals surface area (Å²) in [5.74, 6) is 1.82. The van der Waals surface area contributed by atoms with Crippen molar-refractivity contribution in [2.45, 2.75) is 12.5 Å². The van der Waals surface area contributed by atoms with E-state index in [4.69, 9.17) is 9.47 Å². The molecule has 0 saturated carbocycles. The molecule has 116 valence electrons. The first kappa shape index (κ1) is 14.6. The summed E-state index contributed by atoms with van der Waals surface area (Å²) in [5.41, 5.74) is 2.21. The van der Waals surface area contributed by atoms with Crippen molar-refractivity contribution in [2.24, 2.45) is 0 Å². The minimum Gasteiger partial charge on any atom is -0.495 e. The maximum atomic E-state index is 5.47. The van der Waals surface area contributed by atoms with Crippen LogP contribution in [0.3, 0.4) is 0 Å². The van der Waals surface area contributed by atoms with Gasteiger partial charge < -0.3 is 19.7 Å². The normalized spacial score (nSPS) is 17.4. The van der Waals surface area contributed by atoms with Gasteiger partial charge in [0.05, 0.1) is 25.6 Å². The Kier molecular flexibility index (Phi) is 4.37. The van der Waals surface area contributed by atoms with Crippen LogP contribution in [0.5, 0.6) is 11.5 Å². The van der Waals surface area contributed by atoms with Gasteiger partial charge in [0.15, 0.2) is 0 Å². The Balaban J connectivity index is 1.70. The highest BCUT2D eigenvalue weighted by atomic mass is 16.5. The topological polar surface area (TPSA) is 33.7 Å². The highest BCUT2D eigenvalue weighted by Crippen LogP contribution is 2.32. The third kappa shape index (κ3) is 2.96. The van der Waals surface area contributed by atoms with Crippen molar-refractivity contribution in [3.8, 4) is 11.5 Å². The number of hydrogen-bond donors (Lipinski definition) is 1. The standard InChI is InChI=1S/C18H22N2O2/c1-21-17-9-5-3-7-15(17)19-14-11-12-20(13-14)16-8-4-6-10-18(16)22-2/h3-10,14,19H,11-13H2,1-2H3. The number of para-hydroxylation sites is 4. The summed E-state index contributed by atoms with van der Waals surface area (Å²) in [6.45, 7) is 1.98. The molecule has 1 atom stereocenters. The fraction of sp³-hybridized carbons (Fsp3) is 0.333. The molecule has 0 radical (unpaired) electrons. The Bertz CT molecular complexity index is 630. The molecule has 22 heavy (non-hydrogen) atoms. The average Bonchev–Trinajstić information content (AvgIpc) is 3.03. The van der Waals surface area contributed by atoms with E-state index in [1.807, 2.05) is 30.3 Å². The first-order chi connectivity index (χ1) is 10.8. The number of nitrogens with zero attached hydrogens (tertiary/aromatic N) is 1. The number of benzene rings is 2.